The Morgan fingerprint density at radius 1 is 0.500 bits per heavy atom. The molecule has 0 aromatic carbocycles. The number of hydrogen-bond donors (Lipinski definition) is 4. The van der Waals surface area contributed by atoms with Crippen LogP contribution in [0.5, 0.6) is 0 Å². The van der Waals surface area contributed by atoms with Crippen LogP contribution in [-0.2, 0) is 4.79 Å². The monoisotopic (exact) mass is 678 g/mol. The number of aliphatic hydroxyl groups is 3. The normalized spacial score (nSPS) is 13.9. The van der Waals surface area contributed by atoms with Crippen molar-refractivity contribution in [3.05, 3.63) is 24.3 Å². The van der Waals surface area contributed by atoms with Crippen LogP contribution in [-0.4, -0.2) is 46.1 Å². The predicted octanol–water partition coefficient (Wildman–Crippen LogP) is 11.8. The first-order valence-electron chi connectivity index (χ1n) is 21.2. The van der Waals surface area contributed by atoms with Crippen molar-refractivity contribution in [1.82, 2.24) is 5.32 Å². The standard InChI is InChI=1S/C43H83NO4/c1-3-5-7-9-11-13-15-16-17-18-19-20-21-22-23-24-25-26-27-28-30-32-34-36-38-42(47)43(48)44-40(39-45)41(46)37-35-33-31-29-14-12-10-8-6-4-2/h14,29,35,37,40-42,45-47H,3-13,15-28,30-34,36,38-39H2,1-2H3,(H,44,48)/b29-14+,37-35+. The minimum absolute atomic E-state index is 0.374. The molecule has 0 saturated heterocycles. The largest absolute Gasteiger partial charge is 0.394 e. The van der Waals surface area contributed by atoms with Crippen LogP contribution in [0.2, 0.25) is 0 Å². The van der Waals surface area contributed by atoms with E-state index in [0.29, 0.717) is 6.42 Å². The molecular weight excluding hydrogens is 594 g/mol. The zero-order valence-electron chi connectivity index (χ0n) is 32.1. The molecule has 3 atom stereocenters. The Labute approximate surface area is 299 Å². The number of aliphatic hydroxyl groups excluding tert-OH is 3. The minimum Gasteiger partial charge on any atom is -0.394 e. The first-order chi connectivity index (χ1) is 23.6. The van der Waals surface area contributed by atoms with Gasteiger partial charge in [-0.05, 0) is 32.1 Å². The quantitative estimate of drug-likeness (QED) is 0.0387. The Bertz CT molecular complexity index is 709. The van der Waals surface area contributed by atoms with Gasteiger partial charge in [0.05, 0.1) is 18.8 Å². The van der Waals surface area contributed by atoms with Gasteiger partial charge in [0.25, 0.3) is 0 Å². The molecule has 0 aromatic heterocycles. The van der Waals surface area contributed by atoms with E-state index in [9.17, 15) is 20.1 Å². The van der Waals surface area contributed by atoms with Crippen LogP contribution in [0.1, 0.15) is 219 Å². The van der Waals surface area contributed by atoms with Crippen molar-refractivity contribution in [2.24, 2.45) is 0 Å². The van der Waals surface area contributed by atoms with Crippen molar-refractivity contribution >= 4 is 5.91 Å². The Balaban J connectivity index is 3.58. The van der Waals surface area contributed by atoms with Gasteiger partial charge < -0.3 is 20.6 Å². The van der Waals surface area contributed by atoms with Gasteiger partial charge in [0.1, 0.15) is 6.10 Å². The van der Waals surface area contributed by atoms with Crippen molar-refractivity contribution in [2.75, 3.05) is 6.61 Å². The summed E-state index contributed by atoms with van der Waals surface area (Å²) in [5, 5.41) is 32.9. The number of carbonyl (C=O) groups excluding carboxylic acids is 1. The van der Waals surface area contributed by atoms with Gasteiger partial charge in [0, 0.05) is 0 Å². The highest BCUT2D eigenvalue weighted by Gasteiger charge is 2.22. The summed E-state index contributed by atoms with van der Waals surface area (Å²) in [7, 11) is 0. The highest BCUT2D eigenvalue weighted by Crippen LogP contribution is 2.16. The van der Waals surface area contributed by atoms with E-state index >= 15 is 0 Å². The number of allylic oxidation sites excluding steroid dienone is 3. The second-order valence-electron chi connectivity index (χ2n) is 14.6. The third kappa shape index (κ3) is 33.3. The molecule has 0 saturated carbocycles. The fourth-order valence-corrected chi connectivity index (χ4v) is 6.44. The lowest BCUT2D eigenvalue weighted by molar-refractivity contribution is -0.131. The highest BCUT2D eigenvalue weighted by atomic mass is 16.3. The molecule has 5 nitrogen and oxygen atoms in total. The molecule has 0 heterocycles. The molecule has 0 radical (unpaired) electrons. The maximum absolute atomic E-state index is 12.4. The van der Waals surface area contributed by atoms with Crippen LogP contribution < -0.4 is 5.32 Å². The zero-order chi connectivity index (χ0) is 35.2. The zero-order valence-corrected chi connectivity index (χ0v) is 32.1. The summed E-state index contributed by atoms with van der Waals surface area (Å²) in [6, 6.07) is -0.809. The molecule has 0 aromatic rings. The summed E-state index contributed by atoms with van der Waals surface area (Å²) in [5.41, 5.74) is 0. The summed E-state index contributed by atoms with van der Waals surface area (Å²) in [6.07, 6.45) is 46.5. The van der Waals surface area contributed by atoms with Gasteiger partial charge in [-0.2, -0.15) is 0 Å². The van der Waals surface area contributed by atoms with Gasteiger partial charge >= 0.3 is 0 Å². The number of amides is 1. The highest BCUT2D eigenvalue weighted by molar-refractivity contribution is 5.80. The molecule has 1 amide bonds. The lowest BCUT2D eigenvalue weighted by Gasteiger charge is -2.21. The molecule has 3 unspecified atom stereocenters. The molecule has 0 rings (SSSR count). The number of rotatable bonds is 38. The molecular formula is C43H83NO4. The summed E-state index contributed by atoms with van der Waals surface area (Å²) < 4.78 is 0. The van der Waals surface area contributed by atoms with E-state index in [0.717, 1.165) is 38.5 Å². The third-order valence-corrected chi connectivity index (χ3v) is 9.79. The van der Waals surface area contributed by atoms with E-state index in [1.165, 1.54) is 161 Å². The lowest BCUT2D eigenvalue weighted by Crippen LogP contribution is -2.48. The van der Waals surface area contributed by atoms with E-state index in [1.54, 1.807) is 6.08 Å². The average Bonchev–Trinajstić information content (AvgIpc) is 3.09. The fourth-order valence-electron chi connectivity index (χ4n) is 6.44. The molecule has 0 aliphatic heterocycles. The van der Waals surface area contributed by atoms with Gasteiger partial charge in [0.15, 0.2) is 0 Å². The lowest BCUT2D eigenvalue weighted by atomic mass is 10.0. The van der Waals surface area contributed by atoms with Crippen molar-refractivity contribution in [2.45, 2.75) is 238 Å². The summed E-state index contributed by atoms with van der Waals surface area (Å²) in [4.78, 5) is 12.4. The molecule has 4 N–H and O–H groups in total. The van der Waals surface area contributed by atoms with Gasteiger partial charge in [-0.3, -0.25) is 4.79 Å². The maximum atomic E-state index is 12.4. The smallest absolute Gasteiger partial charge is 0.249 e. The first-order valence-corrected chi connectivity index (χ1v) is 21.2. The van der Waals surface area contributed by atoms with Crippen molar-refractivity contribution in [3.63, 3.8) is 0 Å². The van der Waals surface area contributed by atoms with Crippen LogP contribution in [0.3, 0.4) is 0 Å². The Morgan fingerprint density at radius 3 is 1.27 bits per heavy atom. The summed E-state index contributed by atoms with van der Waals surface area (Å²) in [6.45, 7) is 4.13. The van der Waals surface area contributed by atoms with Gasteiger partial charge in [-0.1, -0.05) is 212 Å². The Morgan fingerprint density at radius 2 is 0.854 bits per heavy atom. The van der Waals surface area contributed by atoms with E-state index in [1.807, 2.05) is 6.08 Å². The molecule has 0 aliphatic rings. The Hall–Kier alpha value is -1.17. The van der Waals surface area contributed by atoms with E-state index in [2.05, 4.69) is 31.3 Å². The number of unbranched alkanes of at least 4 members (excludes halogenated alkanes) is 28. The van der Waals surface area contributed by atoms with Gasteiger partial charge in [-0.15, -0.1) is 0 Å². The fraction of sp³-hybridized carbons (Fsp3) is 0.884. The van der Waals surface area contributed by atoms with Crippen LogP contribution in [0.4, 0.5) is 0 Å². The second kappa shape index (κ2) is 38.6. The second-order valence-corrected chi connectivity index (χ2v) is 14.6. The Kier molecular flexibility index (Phi) is 37.7. The molecule has 48 heavy (non-hydrogen) atoms. The third-order valence-electron chi connectivity index (χ3n) is 9.79. The van der Waals surface area contributed by atoms with Crippen LogP contribution >= 0.6 is 0 Å². The SMILES string of the molecule is CCCCCC/C=C/CC/C=C/C(O)C(CO)NC(=O)C(O)CCCCCCCCCCCCCCCCCCCCCCCCCC. The van der Waals surface area contributed by atoms with Gasteiger partial charge in [0.2, 0.25) is 5.91 Å². The van der Waals surface area contributed by atoms with Crippen molar-refractivity contribution in [3.8, 4) is 0 Å². The first kappa shape index (κ1) is 46.8. The number of carbonyl (C=O) groups is 1. The predicted molar refractivity (Wildman–Crippen MR) is 208 cm³/mol. The van der Waals surface area contributed by atoms with E-state index in [4.69, 9.17) is 0 Å². The van der Waals surface area contributed by atoms with Crippen LogP contribution in [0.15, 0.2) is 24.3 Å². The van der Waals surface area contributed by atoms with E-state index in [-0.39, 0.29) is 6.61 Å². The number of hydrogen-bond acceptors (Lipinski definition) is 4. The summed E-state index contributed by atoms with van der Waals surface area (Å²) in [5.74, 6) is -0.512. The van der Waals surface area contributed by atoms with Crippen molar-refractivity contribution in [1.29, 1.82) is 0 Å². The minimum atomic E-state index is -1.10. The summed E-state index contributed by atoms with van der Waals surface area (Å²) >= 11 is 0. The average molecular weight is 678 g/mol. The number of nitrogens with one attached hydrogen (secondary N) is 1. The topological polar surface area (TPSA) is 89.8 Å². The van der Waals surface area contributed by atoms with Crippen LogP contribution in [0.25, 0.3) is 0 Å². The molecule has 5 heteroatoms. The molecule has 0 bridgehead atoms. The molecule has 284 valence electrons. The molecule has 0 spiro atoms. The van der Waals surface area contributed by atoms with Crippen molar-refractivity contribution < 1.29 is 20.1 Å². The maximum Gasteiger partial charge on any atom is 0.249 e. The molecule has 0 aliphatic carbocycles. The molecule has 0 fully saturated rings. The van der Waals surface area contributed by atoms with Crippen LogP contribution in [0, 0.1) is 0 Å². The van der Waals surface area contributed by atoms with Gasteiger partial charge in [-0.25, -0.2) is 0 Å². The van der Waals surface area contributed by atoms with E-state index < -0.39 is 24.2 Å².